The first-order chi connectivity index (χ1) is 15.2. The lowest BCUT2D eigenvalue weighted by molar-refractivity contribution is -0.118. The number of likely N-dealkylation sites (N-methyl/N-ethyl adjacent to an activating group) is 1. The highest BCUT2D eigenvalue weighted by molar-refractivity contribution is 6.04. The van der Waals surface area contributed by atoms with Crippen LogP contribution in [-0.2, 0) is 17.6 Å². The third kappa shape index (κ3) is 4.24. The maximum atomic E-state index is 13.2. The summed E-state index contributed by atoms with van der Waals surface area (Å²) in [5, 5.41) is 7.56. The summed E-state index contributed by atoms with van der Waals surface area (Å²) in [6.45, 7) is 8.11. The molecule has 4 rings (SSSR count). The number of pyridine rings is 1. The van der Waals surface area contributed by atoms with Crippen LogP contribution in [0.2, 0.25) is 0 Å². The van der Waals surface area contributed by atoms with Gasteiger partial charge in [0.2, 0.25) is 5.91 Å². The number of aryl methyl sites for hydroxylation is 3. The number of halogens is 1. The summed E-state index contributed by atoms with van der Waals surface area (Å²) in [7, 11) is 1.98. The molecule has 1 amide bonds. The molecule has 1 aromatic carbocycles. The Balaban J connectivity index is 1.49. The lowest BCUT2D eigenvalue weighted by Gasteiger charge is -2.38. The number of fused-ring (bicyclic) bond motifs is 1. The van der Waals surface area contributed by atoms with Gasteiger partial charge >= 0.3 is 0 Å². The van der Waals surface area contributed by atoms with Crippen molar-refractivity contribution in [2.75, 3.05) is 17.3 Å². The van der Waals surface area contributed by atoms with Crippen molar-refractivity contribution in [3.05, 3.63) is 71.1 Å². The molecule has 0 unspecified atom stereocenters. The molecule has 0 spiro atoms. The molecule has 0 radical (unpaired) electrons. The van der Waals surface area contributed by atoms with Crippen molar-refractivity contribution in [1.29, 1.82) is 0 Å². The van der Waals surface area contributed by atoms with E-state index in [1.54, 1.807) is 12.1 Å². The Labute approximate surface area is 188 Å². The Kier molecular flexibility index (Phi) is 6.00. The largest absolute Gasteiger partial charge is 0.361 e. The van der Waals surface area contributed by atoms with E-state index < -0.39 is 0 Å². The van der Waals surface area contributed by atoms with Crippen molar-refractivity contribution < 1.29 is 9.18 Å². The predicted octanol–water partition coefficient (Wildman–Crippen LogP) is 4.53. The van der Waals surface area contributed by atoms with Crippen molar-refractivity contribution in [2.45, 2.75) is 52.6 Å². The predicted molar refractivity (Wildman–Crippen MR) is 124 cm³/mol. The second kappa shape index (κ2) is 8.73. The summed E-state index contributed by atoms with van der Waals surface area (Å²) in [4.78, 5) is 19.3. The molecule has 0 saturated carbocycles. The number of benzene rings is 1. The van der Waals surface area contributed by atoms with E-state index in [4.69, 9.17) is 4.98 Å². The maximum absolute atomic E-state index is 13.2. The van der Waals surface area contributed by atoms with Crippen LogP contribution < -0.4 is 10.2 Å². The molecule has 0 saturated heterocycles. The highest BCUT2D eigenvalue weighted by Crippen LogP contribution is 2.35. The molecule has 2 atom stereocenters. The molecule has 1 aliphatic rings. The van der Waals surface area contributed by atoms with Gasteiger partial charge in [0, 0.05) is 18.9 Å². The van der Waals surface area contributed by atoms with Crippen LogP contribution in [0.15, 0.2) is 42.7 Å². The van der Waals surface area contributed by atoms with Gasteiger partial charge in [-0.1, -0.05) is 26.0 Å². The molecule has 1 N–H and O–H groups in total. The molecular formula is C25H30FN5O. The van der Waals surface area contributed by atoms with Crippen molar-refractivity contribution in [1.82, 2.24) is 14.8 Å². The summed E-state index contributed by atoms with van der Waals surface area (Å²) in [6.07, 6.45) is 5.51. The number of amides is 1. The third-order valence-electron chi connectivity index (χ3n) is 6.25. The normalized spacial score (nSPS) is 16.8. The second-order valence-corrected chi connectivity index (χ2v) is 8.94. The van der Waals surface area contributed by atoms with Gasteiger partial charge in [-0.3, -0.25) is 14.5 Å². The van der Waals surface area contributed by atoms with Crippen LogP contribution in [0.1, 0.15) is 49.3 Å². The number of aromatic nitrogens is 3. The quantitative estimate of drug-likeness (QED) is 0.618. The van der Waals surface area contributed by atoms with Gasteiger partial charge in [0.05, 0.1) is 29.3 Å². The van der Waals surface area contributed by atoms with Crippen LogP contribution >= 0.6 is 0 Å². The van der Waals surface area contributed by atoms with Crippen LogP contribution in [0, 0.1) is 18.7 Å². The van der Waals surface area contributed by atoms with E-state index in [0.717, 1.165) is 46.7 Å². The number of hydrogen-bond donors (Lipinski definition) is 1. The Hall–Kier alpha value is -3.22. The molecule has 0 aliphatic carbocycles. The molecule has 32 heavy (non-hydrogen) atoms. The molecule has 7 heteroatoms. The van der Waals surface area contributed by atoms with Gasteiger partial charge in [0.1, 0.15) is 11.9 Å². The van der Waals surface area contributed by atoms with Gasteiger partial charge < -0.3 is 10.2 Å². The van der Waals surface area contributed by atoms with Crippen LogP contribution in [-0.4, -0.2) is 33.8 Å². The fourth-order valence-electron chi connectivity index (χ4n) is 4.44. The Morgan fingerprint density at radius 2 is 1.88 bits per heavy atom. The number of rotatable bonds is 6. The fourth-order valence-corrected chi connectivity index (χ4v) is 4.44. The SMILES string of the molecule is Cc1nc(CCc2cnn([C@H](C)c3ccc(F)cc3)c2)cc2c1NC(=O)[C@H](C(C)C)N2C. The monoisotopic (exact) mass is 435 g/mol. The first-order valence-corrected chi connectivity index (χ1v) is 11.1. The number of anilines is 2. The minimum atomic E-state index is -0.236. The minimum absolute atomic E-state index is 0.0235. The zero-order valence-corrected chi connectivity index (χ0v) is 19.3. The lowest BCUT2D eigenvalue weighted by Crippen LogP contribution is -2.49. The first-order valence-electron chi connectivity index (χ1n) is 11.1. The van der Waals surface area contributed by atoms with Gasteiger partial charge in [-0.2, -0.15) is 5.10 Å². The molecule has 2 aromatic heterocycles. The van der Waals surface area contributed by atoms with Crippen molar-refractivity contribution in [2.24, 2.45) is 5.92 Å². The topological polar surface area (TPSA) is 63.1 Å². The summed E-state index contributed by atoms with van der Waals surface area (Å²) >= 11 is 0. The summed E-state index contributed by atoms with van der Waals surface area (Å²) in [6, 6.07) is 8.46. The number of nitrogens with one attached hydrogen (secondary N) is 1. The molecule has 1 aliphatic heterocycles. The Morgan fingerprint density at radius 3 is 2.56 bits per heavy atom. The van der Waals surface area contributed by atoms with Gasteiger partial charge in [-0.25, -0.2) is 4.39 Å². The number of hydrogen-bond acceptors (Lipinski definition) is 4. The average molecular weight is 436 g/mol. The van der Waals surface area contributed by atoms with Gasteiger partial charge in [-0.05, 0) is 61.9 Å². The fraction of sp³-hybridized carbons (Fsp3) is 0.400. The zero-order chi connectivity index (χ0) is 23.0. The number of carbonyl (C=O) groups is 1. The smallest absolute Gasteiger partial charge is 0.247 e. The van der Waals surface area contributed by atoms with Crippen LogP contribution in [0.25, 0.3) is 0 Å². The van der Waals surface area contributed by atoms with E-state index in [2.05, 4.69) is 35.2 Å². The van der Waals surface area contributed by atoms with Gasteiger partial charge in [-0.15, -0.1) is 0 Å². The lowest BCUT2D eigenvalue weighted by atomic mass is 9.97. The second-order valence-electron chi connectivity index (χ2n) is 8.94. The number of nitrogens with zero attached hydrogens (tertiary/aromatic N) is 4. The average Bonchev–Trinajstić information content (AvgIpc) is 3.22. The minimum Gasteiger partial charge on any atom is -0.361 e. The van der Waals surface area contributed by atoms with Gasteiger partial charge in [0.25, 0.3) is 0 Å². The van der Waals surface area contributed by atoms with E-state index in [1.807, 2.05) is 38.0 Å². The summed E-state index contributed by atoms with van der Waals surface area (Å²) < 4.78 is 15.1. The van der Waals surface area contributed by atoms with Crippen LogP contribution in [0.3, 0.4) is 0 Å². The third-order valence-corrected chi connectivity index (χ3v) is 6.25. The van der Waals surface area contributed by atoms with Crippen molar-refractivity contribution >= 4 is 17.3 Å². The Morgan fingerprint density at radius 1 is 1.16 bits per heavy atom. The standard InChI is InChI=1S/C25H30FN5O/c1-15(2)24-25(32)29-23-16(3)28-21(12-22(23)30(24)5)11-6-18-13-27-31(14-18)17(4)19-7-9-20(26)10-8-19/h7-10,12-15,17,24H,6,11H2,1-5H3,(H,29,32)/t17-,24+/m1/s1. The van der Waals surface area contributed by atoms with E-state index in [-0.39, 0.29) is 29.7 Å². The summed E-state index contributed by atoms with van der Waals surface area (Å²) in [5.41, 5.74) is 5.79. The van der Waals surface area contributed by atoms with E-state index in [1.165, 1.54) is 12.1 Å². The highest BCUT2D eigenvalue weighted by Gasteiger charge is 2.34. The molecule has 168 valence electrons. The first kappa shape index (κ1) is 22.0. The summed E-state index contributed by atoms with van der Waals surface area (Å²) in [5.74, 6) is -0.00535. The molecular weight excluding hydrogens is 405 g/mol. The van der Waals surface area contributed by atoms with E-state index in [9.17, 15) is 9.18 Å². The van der Waals surface area contributed by atoms with Crippen LogP contribution in [0.5, 0.6) is 0 Å². The maximum Gasteiger partial charge on any atom is 0.247 e. The van der Waals surface area contributed by atoms with Crippen molar-refractivity contribution in [3.63, 3.8) is 0 Å². The van der Waals surface area contributed by atoms with E-state index in [0.29, 0.717) is 0 Å². The highest BCUT2D eigenvalue weighted by atomic mass is 19.1. The van der Waals surface area contributed by atoms with E-state index >= 15 is 0 Å². The van der Waals surface area contributed by atoms with Gasteiger partial charge in [0.15, 0.2) is 0 Å². The molecule has 0 bridgehead atoms. The molecule has 0 fully saturated rings. The van der Waals surface area contributed by atoms with Crippen molar-refractivity contribution in [3.8, 4) is 0 Å². The molecule has 6 nitrogen and oxygen atoms in total. The molecule has 3 heterocycles. The molecule has 3 aromatic rings. The van der Waals surface area contributed by atoms with Crippen LogP contribution in [0.4, 0.5) is 15.8 Å². The Bertz CT molecular complexity index is 1120. The number of carbonyl (C=O) groups excluding carboxylic acids is 1. The zero-order valence-electron chi connectivity index (χ0n) is 19.3.